The monoisotopic (exact) mass is 224 g/mol. The van der Waals surface area contributed by atoms with Crippen LogP contribution in [0.15, 0.2) is 28.1 Å². The van der Waals surface area contributed by atoms with Crippen molar-refractivity contribution < 1.29 is 13.2 Å². The molecule has 0 aliphatic carbocycles. The van der Waals surface area contributed by atoms with Crippen molar-refractivity contribution in [2.75, 3.05) is 7.05 Å². The Morgan fingerprint density at radius 2 is 2.07 bits per heavy atom. The summed E-state index contributed by atoms with van der Waals surface area (Å²) in [4.78, 5) is 14.8. The molecule has 5 nitrogen and oxygen atoms in total. The largest absolute Gasteiger partial charge is 0.270 e. The third kappa shape index (κ3) is 1.69. The number of carbonyl (C=O) groups is 1. The number of benzene rings is 1. The van der Waals surface area contributed by atoms with Gasteiger partial charge in [0.2, 0.25) is 10.0 Å². The summed E-state index contributed by atoms with van der Waals surface area (Å²) in [6.45, 7) is 0. The van der Waals surface area contributed by atoms with Gasteiger partial charge in [0.05, 0.1) is 10.3 Å². The van der Waals surface area contributed by atoms with E-state index in [0.29, 0.717) is 10.6 Å². The number of nitrogens with one attached hydrogen (secondary N) is 1. The van der Waals surface area contributed by atoms with Crippen LogP contribution in [0.2, 0.25) is 0 Å². The first-order valence-corrected chi connectivity index (χ1v) is 5.69. The number of hydrogen-bond donors (Lipinski definition) is 1. The van der Waals surface area contributed by atoms with Crippen LogP contribution in [-0.2, 0) is 14.8 Å². The van der Waals surface area contributed by atoms with Crippen LogP contribution in [0.3, 0.4) is 0 Å². The molecule has 0 fully saturated rings. The first-order valence-electron chi connectivity index (χ1n) is 4.21. The fraction of sp³-hybridized carbons (Fsp3) is 0.111. The van der Waals surface area contributed by atoms with Gasteiger partial charge in [-0.05, 0) is 25.2 Å². The van der Waals surface area contributed by atoms with Crippen molar-refractivity contribution in [1.82, 2.24) is 4.72 Å². The van der Waals surface area contributed by atoms with Gasteiger partial charge in [0, 0.05) is 11.3 Å². The Kier molecular flexibility index (Phi) is 2.17. The highest BCUT2D eigenvalue weighted by molar-refractivity contribution is 7.89. The highest BCUT2D eigenvalue weighted by Gasteiger charge is 2.12. The van der Waals surface area contributed by atoms with Gasteiger partial charge < -0.3 is 0 Å². The maximum atomic E-state index is 11.4. The number of nitrogens with zero attached hydrogens (tertiary/aromatic N) is 1. The van der Waals surface area contributed by atoms with Crippen molar-refractivity contribution in [2.45, 2.75) is 4.90 Å². The zero-order chi connectivity index (χ0) is 11.1. The number of sulfonamides is 1. The Labute approximate surface area is 86.2 Å². The van der Waals surface area contributed by atoms with Gasteiger partial charge in [-0.2, -0.15) is 0 Å². The molecule has 1 aromatic rings. The minimum absolute atomic E-state index is 0.130. The van der Waals surface area contributed by atoms with Gasteiger partial charge in [0.1, 0.15) is 0 Å². The molecule has 1 aliphatic heterocycles. The molecule has 0 radical (unpaired) electrons. The average Bonchev–Trinajstić information content (AvgIpc) is 2.56. The lowest BCUT2D eigenvalue weighted by Gasteiger charge is -2.00. The molecule has 6 heteroatoms. The third-order valence-corrected chi connectivity index (χ3v) is 3.50. The van der Waals surface area contributed by atoms with E-state index in [4.69, 9.17) is 0 Å². The van der Waals surface area contributed by atoms with Crippen molar-refractivity contribution in [2.24, 2.45) is 4.99 Å². The number of fused-ring (bicyclic) bond motifs is 1. The molecule has 1 aromatic carbocycles. The highest BCUT2D eigenvalue weighted by atomic mass is 32.2. The SMILES string of the molecule is CNS(=O)(=O)c1ccc2c(c1)=CC(=O)N=2. The van der Waals surface area contributed by atoms with Crippen LogP contribution < -0.4 is 15.3 Å². The zero-order valence-corrected chi connectivity index (χ0v) is 8.71. The van der Waals surface area contributed by atoms with Gasteiger partial charge in [-0.3, -0.25) is 4.79 Å². The fourth-order valence-electron chi connectivity index (χ4n) is 1.32. The number of amides is 1. The maximum absolute atomic E-state index is 11.4. The Bertz CT molecular complexity index is 646. The summed E-state index contributed by atoms with van der Waals surface area (Å²) in [6, 6.07) is 4.36. The molecule has 15 heavy (non-hydrogen) atoms. The molecule has 1 heterocycles. The van der Waals surface area contributed by atoms with Gasteiger partial charge in [-0.25, -0.2) is 18.1 Å². The molecule has 78 valence electrons. The molecule has 1 amide bonds. The summed E-state index contributed by atoms with van der Waals surface area (Å²) in [5, 5.41) is 1.05. The molecule has 1 N–H and O–H groups in total. The van der Waals surface area contributed by atoms with Crippen molar-refractivity contribution in [1.29, 1.82) is 0 Å². The lowest BCUT2D eigenvalue weighted by atomic mass is 10.3. The average molecular weight is 224 g/mol. The quantitative estimate of drug-likeness (QED) is 0.666. The van der Waals surface area contributed by atoms with Gasteiger partial charge in [0.25, 0.3) is 5.91 Å². The summed E-state index contributed by atoms with van der Waals surface area (Å²) in [5.74, 6) is -0.357. The van der Waals surface area contributed by atoms with E-state index in [1.54, 1.807) is 0 Å². The lowest BCUT2D eigenvalue weighted by Crippen LogP contribution is -2.25. The molecule has 0 saturated heterocycles. The van der Waals surface area contributed by atoms with E-state index >= 15 is 0 Å². The van der Waals surface area contributed by atoms with Crippen LogP contribution in [0, 0.1) is 0 Å². The minimum Gasteiger partial charge on any atom is -0.267 e. The highest BCUT2D eigenvalue weighted by Crippen LogP contribution is 2.02. The van der Waals surface area contributed by atoms with Gasteiger partial charge in [-0.15, -0.1) is 0 Å². The van der Waals surface area contributed by atoms with Crippen molar-refractivity contribution in [3.8, 4) is 0 Å². The van der Waals surface area contributed by atoms with Crippen LogP contribution in [0.1, 0.15) is 0 Å². The lowest BCUT2D eigenvalue weighted by molar-refractivity contribution is -0.112. The predicted molar refractivity (Wildman–Crippen MR) is 52.9 cm³/mol. The van der Waals surface area contributed by atoms with Crippen LogP contribution in [0.25, 0.3) is 6.08 Å². The third-order valence-electron chi connectivity index (χ3n) is 2.09. The standard InChI is InChI=1S/C9H8N2O3S/c1-10-15(13,14)7-2-3-8-6(4-7)5-9(12)11-8/h2-5,10H,1H3. The summed E-state index contributed by atoms with van der Waals surface area (Å²) in [7, 11) is -2.13. The van der Waals surface area contributed by atoms with E-state index in [0.717, 1.165) is 0 Å². The van der Waals surface area contributed by atoms with E-state index in [-0.39, 0.29) is 10.8 Å². The summed E-state index contributed by atoms with van der Waals surface area (Å²) < 4.78 is 25.1. The Hall–Kier alpha value is -1.53. The predicted octanol–water partition coefficient (Wildman–Crippen LogP) is -1.46. The molecule has 0 aromatic heterocycles. The summed E-state index contributed by atoms with van der Waals surface area (Å²) in [6.07, 6.45) is 1.31. The molecular weight excluding hydrogens is 216 g/mol. The molecular formula is C9H8N2O3S. The Balaban J connectivity index is 2.70. The minimum atomic E-state index is -3.46. The molecule has 0 spiro atoms. The van der Waals surface area contributed by atoms with E-state index < -0.39 is 10.0 Å². The number of hydrogen-bond acceptors (Lipinski definition) is 3. The second kappa shape index (κ2) is 3.25. The van der Waals surface area contributed by atoms with Gasteiger partial charge in [-0.1, -0.05) is 0 Å². The molecule has 0 atom stereocenters. The van der Waals surface area contributed by atoms with Crippen LogP contribution in [0.5, 0.6) is 0 Å². The van der Waals surface area contributed by atoms with Gasteiger partial charge >= 0.3 is 0 Å². The smallest absolute Gasteiger partial charge is 0.267 e. The van der Waals surface area contributed by atoms with Crippen LogP contribution in [0.4, 0.5) is 0 Å². The molecule has 2 rings (SSSR count). The van der Waals surface area contributed by atoms with Crippen molar-refractivity contribution >= 4 is 22.0 Å². The number of carbonyl (C=O) groups excluding carboxylic acids is 1. The zero-order valence-electron chi connectivity index (χ0n) is 7.89. The topological polar surface area (TPSA) is 75.6 Å². The molecule has 0 bridgehead atoms. The maximum Gasteiger partial charge on any atom is 0.270 e. The molecule has 0 unspecified atom stereocenters. The van der Waals surface area contributed by atoms with E-state index in [9.17, 15) is 13.2 Å². The van der Waals surface area contributed by atoms with Crippen molar-refractivity contribution in [3.05, 3.63) is 28.8 Å². The van der Waals surface area contributed by atoms with Crippen LogP contribution >= 0.6 is 0 Å². The van der Waals surface area contributed by atoms with E-state index in [1.165, 1.54) is 31.3 Å². The first kappa shape index (κ1) is 10.0. The molecule has 1 aliphatic rings. The second-order valence-electron chi connectivity index (χ2n) is 3.02. The van der Waals surface area contributed by atoms with E-state index in [2.05, 4.69) is 9.71 Å². The van der Waals surface area contributed by atoms with Gasteiger partial charge in [0.15, 0.2) is 0 Å². The Morgan fingerprint density at radius 1 is 1.33 bits per heavy atom. The normalized spacial score (nSPS) is 14.3. The summed E-state index contributed by atoms with van der Waals surface area (Å²) in [5.41, 5.74) is 0. The fourth-order valence-corrected chi connectivity index (χ4v) is 2.08. The van der Waals surface area contributed by atoms with Crippen molar-refractivity contribution in [3.63, 3.8) is 0 Å². The molecule has 0 saturated carbocycles. The number of rotatable bonds is 2. The van der Waals surface area contributed by atoms with Crippen LogP contribution in [-0.4, -0.2) is 21.4 Å². The second-order valence-corrected chi connectivity index (χ2v) is 4.91. The first-order chi connectivity index (χ1) is 7.03. The summed E-state index contributed by atoms with van der Waals surface area (Å²) >= 11 is 0. The van der Waals surface area contributed by atoms with E-state index in [1.807, 2.05) is 0 Å². The Morgan fingerprint density at radius 3 is 2.73 bits per heavy atom.